The van der Waals surface area contributed by atoms with E-state index >= 15 is 0 Å². The van der Waals surface area contributed by atoms with Crippen molar-refractivity contribution in [1.82, 2.24) is 25.0 Å². The van der Waals surface area contributed by atoms with E-state index in [2.05, 4.69) is 31.0 Å². The number of hydrogen-bond acceptors (Lipinski definition) is 6. The minimum absolute atomic E-state index is 0.0981. The number of ether oxygens (including phenoxy) is 1. The summed E-state index contributed by atoms with van der Waals surface area (Å²) in [6, 6.07) is 2.98. The van der Waals surface area contributed by atoms with Crippen molar-refractivity contribution in [3.05, 3.63) is 34.5 Å². The third-order valence-corrected chi connectivity index (χ3v) is 5.63. The van der Waals surface area contributed by atoms with Crippen LogP contribution < -0.4 is 5.32 Å². The summed E-state index contributed by atoms with van der Waals surface area (Å²) in [5.41, 5.74) is 3.43. The van der Waals surface area contributed by atoms with Gasteiger partial charge in [0, 0.05) is 50.5 Å². The first-order chi connectivity index (χ1) is 12.3. The quantitative estimate of drug-likeness (QED) is 0.877. The van der Waals surface area contributed by atoms with Crippen LogP contribution >= 0.6 is 11.3 Å². The molecular weight excluding hydrogens is 338 g/mol. The number of nitrogens with zero attached hydrogens (tertiary/aromatic N) is 4. The maximum absolute atomic E-state index is 12.0. The SMILES string of the molecule is O=C(NCCC1CN(C2CCOCC2)Cc2ccnn21)c1cscn1. The van der Waals surface area contributed by atoms with E-state index in [9.17, 15) is 4.79 Å². The van der Waals surface area contributed by atoms with Gasteiger partial charge in [-0.05, 0) is 25.3 Å². The maximum Gasteiger partial charge on any atom is 0.270 e. The summed E-state index contributed by atoms with van der Waals surface area (Å²) in [7, 11) is 0. The Hall–Kier alpha value is -1.77. The lowest BCUT2D eigenvalue weighted by atomic mass is 10.0. The Bertz CT molecular complexity index is 696. The Balaban J connectivity index is 1.37. The Labute approximate surface area is 151 Å². The van der Waals surface area contributed by atoms with Crippen molar-refractivity contribution in [2.45, 2.75) is 37.9 Å². The molecule has 0 aromatic carbocycles. The molecule has 0 aliphatic carbocycles. The van der Waals surface area contributed by atoms with E-state index in [4.69, 9.17) is 4.74 Å². The van der Waals surface area contributed by atoms with Gasteiger partial charge in [0.15, 0.2) is 0 Å². The largest absolute Gasteiger partial charge is 0.381 e. The molecule has 25 heavy (non-hydrogen) atoms. The third-order valence-electron chi connectivity index (χ3n) is 5.04. The molecule has 0 saturated carbocycles. The van der Waals surface area contributed by atoms with Crippen LogP contribution in [-0.2, 0) is 11.3 Å². The lowest BCUT2D eigenvalue weighted by molar-refractivity contribution is 0.0158. The lowest BCUT2D eigenvalue weighted by Gasteiger charge is -2.40. The van der Waals surface area contributed by atoms with Gasteiger partial charge in [0.05, 0.1) is 17.2 Å². The standard InChI is InChI=1S/C17H23N5O2S/c23-17(16-11-25-12-19-16)18-5-1-14-9-21(13-3-7-24-8-4-13)10-15-2-6-20-22(14)15/h2,6,11-14H,1,3-5,7-10H2,(H,18,23). The molecule has 2 aromatic rings. The molecular formula is C17H23N5O2S. The molecule has 2 aliphatic heterocycles. The van der Waals surface area contributed by atoms with E-state index in [0.29, 0.717) is 18.3 Å². The van der Waals surface area contributed by atoms with Crippen molar-refractivity contribution in [3.8, 4) is 0 Å². The molecule has 0 spiro atoms. The zero-order chi connectivity index (χ0) is 17.1. The minimum atomic E-state index is -0.0981. The van der Waals surface area contributed by atoms with Gasteiger partial charge in [-0.1, -0.05) is 0 Å². The smallest absolute Gasteiger partial charge is 0.270 e. The zero-order valence-electron chi connectivity index (χ0n) is 14.1. The van der Waals surface area contributed by atoms with E-state index in [1.165, 1.54) is 17.0 Å². The summed E-state index contributed by atoms with van der Waals surface area (Å²) >= 11 is 1.43. The summed E-state index contributed by atoms with van der Waals surface area (Å²) in [6.07, 6.45) is 4.94. The predicted octanol–water partition coefficient (Wildman–Crippen LogP) is 1.70. The van der Waals surface area contributed by atoms with Gasteiger partial charge in [-0.15, -0.1) is 11.3 Å². The number of thiazole rings is 1. The monoisotopic (exact) mass is 361 g/mol. The molecule has 134 valence electrons. The van der Waals surface area contributed by atoms with Crippen molar-refractivity contribution in [2.24, 2.45) is 0 Å². The number of rotatable bonds is 5. The molecule has 1 atom stereocenters. The highest BCUT2D eigenvalue weighted by Gasteiger charge is 2.30. The van der Waals surface area contributed by atoms with E-state index in [0.717, 1.165) is 45.6 Å². The third kappa shape index (κ3) is 3.75. The summed E-state index contributed by atoms with van der Waals surface area (Å²) < 4.78 is 7.63. The number of fused-ring (bicyclic) bond motifs is 1. The van der Waals surface area contributed by atoms with Crippen LogP contribution in [-0.4, -0.2) is 57.9 Å². The van der Waals surface area contributed by atoms with Gasteiger partial charge < -0.3 is 10.1 Å². The average Bonchev–Trinajstić information content (AvgIpc) is 3.34. The second-order valence-corrected chi connectivity index (χ2v) is 7.33. The van der Waals surface area contributed by atoms with Gasteiger partial charge in [0.1, 0.15) is 5.69 Å². The average molecular weight is 361 g/mol. The molecule has 0 radical (unpaired) electrons. The molecule has 8 heteroatoms. The second-order valence-electron chi connectivity index (χ2n) is 6.61. The number of nitrogens with one attached hydrogen (secondary N) is 1. The van der Waals surface area contributed by atoms with Gasteiger partial charge in [-0.2, -0.15) is 5.10 Å². The fourth-order valence-corrected chi connectivity index (χ4v) is 4.26. The summed E-state index contributed by atoms with van der Waals surface area (Å²) in [5.74, 6) is -0.0981. The normalized spacial score (nSPS) is 21.8. The minimum Gasteiger partial charge on any atom is -0.381 e. The maximum atomic E-state index is 12.0. The summed E-state index contributed by atoms with van der Waals surface area (Å²) in [5, 5.41) is 9.25. The van der Waals surface area contributed by atoms with E-state index in [1.54, 1.807) is 10.9 Å². The fraction of sp³-hybridized carbons (Fsp3) is 0.588. The van der Waals surface area contributed by atoms with Crippen molar-refractivity contribution in [3.63, 3.8) is 0 Å². The highest BCUT2D eigenvalue weighted by molar-refractivity contribution is 7.07. The number of amides is 1. The molecule has 7 nitrogen and oxygen atoms in total. The van der Waals surface area contributed by atoms with Crippen molar-refractivity contribution in [2.75, 3.05) is 26.3 Å². The molecule has 4 rings (SSSR count). The van der Waals surface area contributed by atoms with Crippen LogP contribution in [0.4, 0.5) is 0 Å². The van der Waals surface area contributed by atoms with E-state index in [1.807, 2.05) is 6.20 Å². The zero-order valence-corrected chi connectivity index (χ0v) is 15.0. The van der Waals surface area contributed by atoms with Crippen LogP contribution in [0.3, 0.4) is 0 Å². The van der Waals surface area contributed by atoms with Gasteiger partial charge in [0.25, 0.3) is 5.91 Å². The molecule has 1 amide bonds. The highest BCUT2D eigenvalue weighted by atomic mass is 32.1. The number of hydrogen-bond donors (Lipinski definition) is 1. The van der Waals surface area contributed by atoms with E-state index in [-0.39, 0.29) is 11.9 Å². The molecule has 1 fully saturated rings. The molecule has 2 aromatic heterocycles. The van der Waals surface area contributed by atoms with Crippen LogP contribution in [0.25, 0.3) is 0 Å². The van der Waals surface area contributed by atoms with Gasteiger partial charge >= 0.3 is 0 Å². The summed E-state index contributed by atoms with van der Waals surface area (Å²) in [6.45, 7) is 4.27. The van der Waals surface area contributed by atoms with Crippen molar-refractivity contribution < 1.29 is 9.53 Å². The Morgan fingerprint density at radius 1 is 1.40 bits per heavy atom. The van der Waals surface area contributed by atoms with Crippen LogP contribution in [0.1, 0.15) is 41.5 Å². The van der Waals surface area contributed by atoms with Gasteiger partial charge in [-0.25, -0.2) is 4.98 Å². The van der Waals surface area contributed by atoms with E-state index < -0.39 is 0 Å². The van der Waals surface area contributed by atoms with Crippen molar-refractivity contribution in [1.29, 1.82) is 0 Å². The summed E-state index contributed by atoms with van der Waals surface area (Å²) in [4.78, 5) is 18.7. The Morgan fingerprint density at radius 3 is 3.08 bits per heavy atom. The fourth-order valence-electron chi connectivity index (χ4n) is 3.73. The number of carbonyl (C=O) groups is 1. The van der Waals surface area contributed by atoms with Crippen LogP contribution in [0.5, 0.6) is 0 Å². The topological polar surface area (TPSA) is 72.3 Å². The first-order valence-electron chi connectivity index (χ1n) is 8.82. The first-order valence-corrected chi connectivity index (χ1v) is 9.76. The Morgan fingerprint density at radius 2 is 2.28 bits per heavy atom. The molecule has 1 N–H and O–H groups in total. The molecule has 1 unspecified atom stereocenters. The lowest BCUT2D eigenvalue weighted by Crippen LogP contribution is -2.46. The molecule has 1 saturated heterocycles. The van der Waals surface area contributed by atoms with Crippen LogP contribution in [0.2, 0.25) is 0 Å². The molecule has 2 aliphatic rings. The first kappa shape index (κ1) is 16.7. The predicted molar refractivity (Wildman–Crippen MR) is 94.6 cm³/mol. The van der Waals surface area contributed by atoms with Gasteiger partial charge in [-0.3, -0.25) is 14.4 Å². The number of aromatic nitrogens is 3. The van der Waals surface area contributed by atoms with Gasteiger partial charge in [0.2, 0.25) is 0 Å². The van der Waals surface area contributed by atoms with Crippen molar-refractivity contribution >= 4 is 17.2 Å². The van der Waals surface area contributed by atoms with Crippen LogP contribution in [0, 0.1) is 0 Å². The Kier molecular flexibility index (Phi) is 5.09. The number of carbonyl (C=O) groups excluding carboxylic acids is 1. The van der Waals surface area contributed by atoms with Crippen LogP contribution in [0.15, 0.2) is 23.2 Å². The molecule has 0 bridgehead atoms. The molecule has 4 heterocycles. The highest BCUT2D eigenvalue weighted by Crippen LogP contribution is 2.27. The second kappa shape index (κ2) is 7.63.